The zero-order chi connectivity index (χ0) is 14.4. The number of nitrogens with two attached hydrogens (primary N) is 1. The molecular formula is C16H19N3OS. The van der Waals surface area contributed by atoms with Gasteiger partial charge in [0.05, 0.1) is 10.2 Å². The van der Waals surface area contributed by atoms with Crippen LogP contribution in [0.25, 0.3) is 10.2 Å². The fourth-order valence-electron chi connectivity index (χ4n) is 3.16. The van der Waals surface area contributed by atoms with E-state index < -0.39 is 0 Å². The Balaban J connectivity index is 1.45. The monoisotopic (exact) mass is 301 g/mol. The van der Waals surface area contributed by atoms with Crippen LogP contribution in [0.5, 0.6) is 0 Å². The van der Waals surface area contributed by atoms with Gasteiger partial charge in [0.2, 0.25) is 0 Å². The molecule has 2 saturated carbocycles. The van der Waals surface area contributed by atoms with E-state index in [1.165, 1.54) is 37.0 Å². The zero-order valence-corrected chi connectivity index (χ0v) is 12.7. The standard InChI is InChI=1S/C16H19N3OS/c17-16-19-13-6-5-11(7-14(13)21-16)15(20)18-8-12(9-1-2-9)10-3-4-10/h5-7,9-10,12H,1-4,8H2,(H2,17,19)(H,18,20). The quantitative estimate of drug-likeness (QED) is 0.892. The number of nitrogens with zero attached hydrogens (tertiary/aromatic N) is 1. The summed E-state index contributed by atoms with van der Waals surface area (Å²) in [6, 6.07) is 5.60. The number of aromatic nitrogens is 1. The number of thiazole rings is 1. The molecule has 2 fully saturated rings. The SMILES string of the molecule is Nc1nc2ccc(C(=O)NCC(C3CC3)C3CC3)cc2s1. The Labute approximate surface area is 127 Å². The first-order valence-electron chi connectivity index (χ1n) is 7.65. The van der Waals surface area contributed by atoms with Crippen LogP contribution in [-0.2, 0) is 0 Å². The number of carbonyl (C=O) groups is 1. The Morgan fingerprint density at radius 2 is 2.05 bits per heavy atom. The Kier molecular flexibility index (Phi) is 3.10. The van der Waals surface area contributed by atoms with E-state index in [1.807, 2.05) is 18.2 Å². The van der Waals surface area contributed by atoms with Crippen LogP contribution in [0.1, 0.15) is 36.0 Å². The van der Waals surface area contributed by atoms with Crippen LogP contribution in [0.4, 0.5) is 5.13 Å². The summed E-state index contributed by atoms with van der Waals surface area (Å²) in [5.74, 6) is 2.45. The van der Waals surface area contributed by atoms with Crippen molar-refractivity contribution in [3.05, 3.63) is 23.8 Å². The normalized spacial score (nSPS) is 18.3. The van der Waals surface area contributed by atoms with E-state index in [2.05, 4.69) is 10.3 Å². The zero-order valence-electron chi connectivity index (χ0n) is 11.8. The van der Waals surface area contributed by atoms with E-state index in [0.717, 1.165) is 28.6 Å². The molecule has 1 heterocycles. The lowest BCUT2D eigenvalue weighted by Crippen LogP contribution is -2.31. The molecule has 2 aliphatic rings. The fraction of sp³-hybridized carbons (Fsp3) is 0.500. The number of fused-ring (bicyclic) bond motifs is 1. The van der Waals surface area contributed by atoms with Gasteiger partial charge in [-0.3, -0.25) is 4.79 Å². The summed E-state index contributed by atoms with van der Waals surface area (Å²) in [5, 5.41) is 3.67. The Morgan fingerprint density at radius 3 is 2.71 bits per heavy atom. The highest BCUT2D eigenvalue weighted by atomic mass is 32.1. The highest BCUT2D eigenvalue weighted by molar-refractivity contribution is 7.22. The highest BCUT2D eigenvalue weighted by Crippen LogP contribution is 2.48. The molecule has 0 spiro atoms. The van der Waals surface area contributed by atoms with Crippen LogP contribution in [0, 0.1) is 17.8 Å². The second-order valence-corrected chi connectivity index (χ2v) is 7.35. The maximum absolute atomic E-state index is 12.3. The third kappa shape index (κ3) is 2.75. The van der Waals surface area contributed by atoms with Gasteiger partial charge in [-0.1, -0.05) is 11.3 Å². The Morgan fingerprint density at radius 1 is 1.33 bits per heavy atom. The molecule has 0 atom stereocenters. The first-order valence-corrected chi connectivity index (χ1v) is 8.46. The van der Waals surface area contributed by atoms with Crippen molar-refractivity contribution in [2.45, 2.75) is 25.7 Å². The van der Waals surface area contributed by atoms with Gasteiger partial charge >= 0.3 is 0 Å². The van der Waals surface area contributed by atoms with Gasteiger partial charge in [0.25, 0.3) is 5.91 Å². The van der Waals surface area contributed by atoms with Crippen molar-refractivity contribution in [2.24, 2.45) is 17.8 Å². The molecule has 4 rings (SSSR count). The molecule has 0 bridgehead atoms. The molecule has 1 aromatic heterocycles. The molecule has 4 nitrogen and oxygen atoms in total. The van der Waals surface area contributed by atoms with Gasteiger partial charge in [-0.15, -0.1) is 0 Å². The van der Waals surface area contributed by atoms with Crippen molar-refractivity contribution < 1.29 is 4.79 Å². The summed E-state index contributed by atoms with van der Waals surface area (Å²) in [6.45, 7) is 0.830. The Hall–Kier alpha value is -1.62. The van der Waals surface area contributed by atoms with Crippen LogP contribution in [0.15, 0.2) is 18.2 Å². The number of rotatable bonds is 5. The van der Waals surface area contributed by atoms with Crippen LogP contribution < -0.4 is 11.1 Å². The molecule has 1 amide bonds. The molecule has 2 aromatic rings. The number of nitrogen functional groups attached to an aromatic ring is 1. The van der Waals surface area contributed by atoms with Crippen LogP contribution >= 0.6 is 11.3 Å². The lowest BCUT2D eigenvalue weighted by molar-refractivity contribution is 0.0943. The maximum atomic E-state index is 12.3. The van der Waals surface area contributed by atoms with E-state index in [1.54, 1.807) is 0 Å². The van der Waals surface area contributed by atoms with Crippen molar-refractivity contribution in [3.8, 4) is 0 Å². The first kappa shape index (κ1) is 13.1. The van der Waals surface area contributed by atoms with Crippen molar-refractivity contribution in [1.29, 1.82) is 0 Å². The van der Waals surface area contributed by atoms with E-state index >= 15 is 0 Å². The van der Waals surface area contributed by atoms with Gasteiger partial charge in [0.1, 0.15) is 0 Å². The van der Waals surface area contributed by atoms with Gasteiger partial charge in [-0.05, 0) is 61.6 Å². The minimum Gasteiger partial charge on any atom is -0.375 e. The smallest absolute Gasteiger partial charge is 0.251 e. The van der Waals surface area contributed by atoms with Crippen molar-refractivity contribution >= 4 is 32.6 Å². The molecule has 0 aliphatic heterocycles. The van der Waals surface area contributed by atoms with Crippen LogP contribution in [0.3, 0.4) is 0 Å². The first-order chi connectivity index (χ1) is 10.2. The molecular weight excluding hydrogens is 282 g/mol. The van der Waals surface area contributed by atoms with Crippen LogP contribution in [-0.4, -0.2) is 17.4 Å². The third-order valence-electron chi connectivity index (χ3n) is 4.62. The summed E-state index contributed by atoms with van der Waals surface area (Å²) in [5.41, 5.74) is 7.27. The van der Waals surface area contributed by atoms with Gasteiger partial charge in [0, 0.05) is 12.1 Å². The van der Waals surface area contributed by atoms with Crippen molar-refractivity contribution in [3.63, 3.8) is 0 Å². The largest absolute Gasteiger partial charge is 0.375 e. The number of benzene rings is 1. The number of carbonyl (C=O) groups excluding carboxylic acids is 1. The average molecular weight is 301 g/mol. The molecule has 0 radical (unpaired) electrons. The predicted molar refractivity (Wildman–Crippen MR) is 85.3 cm³/mol. The highest BCUT2D eigenvalue weighted by Gasteiger charge is 2.41. The maximum Gasteiger partial charge on any atom is 0.251 e. The summed E-state index contributed by atoms with van der Waals surface area (Å²) < 4.78 is 0.973. The molecule has 21 heavy (non-hydrogen) atoms. The molecule has 0 unspecified atom stereocenters. The topological polar surface area (TPSA) is 68.0 Å². The minimum absolute atomic E-state index is 0.0233. The van der Waals surface area contributed by atoms with E-state index in [9.17, 15) is 4.79 Å². The summed E-state index contributed by atoms with van der Waals surface area (Å²) in [4.78, 5) is 16.5. The fourth-order valence-corrected chi connectivity index (χ4v) is 3.94. The minimum atomic E-state index is 0.0233. The van der Waals surface area contributed by atoms with E-state index in [0.29, 0.717) is 16.6 Å². The second-order valence-electron chi connectivity index (χ2n) is 6.28. The number of anilines is 1. The van der Waals surface area contributed by atoms with Crippen LogP contribution in [0.2, 0.25) is 0 Å². The number of hydrogen-bond acceptors (Lipinski definition) is 4. The second kappa shape index (κ2) is 4.98. The van der Waals surface area contributed by atoms with Gasteiger partial charge in [0.15, 0.2) is 5.13 Å². The van der Waals surface area contributed by atoms with E-state index in [-0.39, 0.29) is 5.91 Å². The third-order valence-corrected chi connectivity index (χ3v) is 5.47. The summed E-state index contributed by atoms with van der Waals surface area (Å²) in [6.07, 6.45) is 5.40. The molecule has 5 heteroatoms. The van der Waals surface area contributed by atoms with Gasteiger partial charge in [-0.25, -0.2) is 4.98 Å². The van der Waals surface area contributed by atoms with Gasteiger partial charge in [-0.2, -0.15) is 0 Å². The number of amides is 1. The van der Waals surface area contributed by atoms with E-state index in [4.69, 9.17) is 5.73 Å². The molecule has 0 saturated heterocycles. The summed E-state index contributed by atoms with van der Waals surface area (Å²) >= 11 is 1.42. The molecule has 3 N–H and O–H groups in total. The number of nitrogens with one attached hydrogen (secondary N) is 1. The number of hydrogen-bond donors (Lipinski definition) is 2. The molecule has 1 aromatic carbocycles. The predicted octanol–water partition coefficient (Wildman–Crippen LogP) is 3.04. The Bertz CT molecular complexity index is 676. The molecule has 2 aliphatic carbocycles. The average Bonchev–Trinajstić information content (AvgIpc) is 3.36. The lowest BCUT2D eigenvalue weighted by atomic mass is 9.98. The molecule has 110 valence electrons. The van der Waals surface area contributed by atoms with Gasteiger partial charge < -0.3 is 11.1 Å². The van der Waals surface area contributed by atoms with Crippen molar-refractivity contribution in [2.75, 3.05) is 12.3 Å². The lowest BCUT2D eigenvalue weighted by Gasteiger charge is -2.16. The summed E-state index contributed by atoms with van der Waals surface area (Å²) in [7, 11) is 0. The van der Waals surface area contributed by atoms with Crippen molar-refractivity contribution in [1.82, 2.24) is 10.3 Å².